The molecule has 4 rings (SSSR count). The van der Waals surface area contributed by atoms with Gasteiger partial charge in [-0.15, -0.1) is 0 Å². The summed E-state index contributed by atoms with van der Waals surface area (Å²) >= 11 is 0. The number of rotatable bonds is 6. The molecule has 0 saturated carbocycles. The first kappa shape index (κ1) is 20.4. The molecule has 5 nitrogen and oxygen atoms in total. The highest BCUT2D eigenvalue weighted by Crippen LogP contribution is 2.36. The molecular weight excluding hydrogens is 374 g/mol. The van der Waals surface area contributed by atoms with Crippen LogP contribution in [0.15, 0.2) is 54.9 Å². The summed E-state index contributed by atoms with van der Waals surface area (Å²) in [5.74, 6) is 0.848. The van der Waals surface area contributed by atoms with Crippen molar-refractivity contribution in [3.63, 3.8) is 0 Å². The molecule has 30 heavy (non-hydrogen) atoms. The lowest BCUT2D eigenvalue weighted by Gasteiger charge is -2.36. The monoisotopic (exact) mass is 403 g/mol. The zero-order chi connectivity index (χ0) is 21.0. The molecule has 1 aliphatic heterocycles. The van der Waals surface area contributed by atoms with Crippen LogP contribution in [-0.2, 0) is 22.5 Å². The average molecular weight is 404 g/mol. The van der Waals surface area contributed by atoms with Crippen molar-refractivity contribution in [1.29, 1.82) is 0 Å². The maximum Gasteiger partial charge on any atom is 0.227 e. The third-order valence-corrected chi connectivity index (χ3v) is 5.93. The van der Waals surface area contributed by atoms with Crippen LogP contribution in [0.5, 0.6) is 0 Å². The van der Waals surface area contributed by atoms with Gasteiger partial charge in [0.05, 0.1) is 12.0 Å². The second-order valence-electron chi connectivity index (χ2n) is 8.36. The zero-order valence-corrected chi connectivity index (χ0v) is 17.7. The number of aromatic nitrogens is 2. The number of hydrogen-bond acceptors (Lipinski definition) is 3. The molecule has 0 radical (unpaired) electrons. The fraction of sp³-hybridized carbons (Fsp3) is 0.360. The van der Waals surface area contributed by atoms with Crippen molar-refractivity contribution in [2.45, 2.75) is 39.7 Å². The lowest BCUT2D eigenvalue weighted by Crippen LogP contribution is -2.46. The van der Waals surface area contributed by atoms with E-state index in [2.05, 4.69) is 71.6 Å². The fourth-order valence-corrected chi connectivity index (χ4v) is 4.39. The van der Waals surface area contributed by atoms with Crippen LogP contribution in [0.2, 0.25) is 0 Å². The first-order chi connectivity index (χ1) is 14.5. The molecule has 2 aromatic carbocycles. The molecule has 1 aliphatic rings. The lowest BCUT2D eigenvalue weighted by molar-refractivity contribution is -0.136. The molecule has 2 N–H and O–H groups in total. The lowest BCUT2D eigenvalue weighted by atomic mass is 9.74. The highest BCUT2D eigenvalue weighted by Gasteiger charge is 2.40. The Kier molecular flexibility index (Phi) is 6.00. The number of nitrogens with zero attached hydrogens (tertiary/aromatic N) is 1. The second-order valence-corrected chi connectivity index (χ2v) is 8.36. The predicted molar refractivity (Wildman–Crippen MR) is 118 cm³/mol. The Balaban J connectivity index is 1.56. The first-order valence-corrected chi connectivity index (χ1v) is 10.6. The van der Waals surface area contributed by atoms with E-state index in [1.807, 2.05) is 0 Å². The summed E-state index contributed by atoms with van der Waals surface area (Å²) in [5.41, 5.74) is 5.66. The number of carbonyl (C=O) groups is 1. The Morgan fingerprint density at radius 3 is 2.57 bits per heavy atom. The van der Waals surface area contributed by atoms with Crippen LogP contribution >= 0.6 is 0 Å². The predicted octanol–water partition coefficient (Wildman–Crippen LogP) is 4.35. The number of imidazole rings is 1. The molecule has 0 spiro atoms. The average Bonchev–Trinajstić information content (AvgIpc) is 3.26. The summed E-state index contributed by atoms with van der Waals surface area (Å²) in [6.45, 7) is 5.90. The van der Waals surface area contributed by atoms with Crippen molar-refractivity contribution in [3.8, 4) is 11.1 Å². The minimum absolute atomic E-state index is 0.0824. The highest BCUT2D eigenvalue weighted by molar-refractivity contribution is 5.83. The van der Waals surface area contributed by atoms with Gasteiger partial charge in [-0.1, -0.05) is 53.6 Å². The number of nitrogens with one attached hydrogen (secondary N) is 2. The summed E-state index contributed by atoms with van der Waals surface area (Å²) in [5, 5.41) is 3.09. The minimum Gasteiger partial charge on any atom is -0.381 e. The number of ether oxygens (including phenoxy) is 1. The van der Waals surface area contributed by atoms with E-state index >= 15 is 0 Å². The third kappa shape index (κ3) is 4.62. The molecule has 0 unspecified atom stereocenters. The van der Waals surface area contributed by atoms with E-state index in [-0.39, 0.29) is 5.91 Å². The molecule has 1 fully saturated rings. The molecule has 5 heteroatoms. The minimum atomic E-state index is -0.452. The van der Waals surface area contributed by atoms with Crippen molar-refractivity contribution in [2.75, 3.05) is 13.2 Å². The van der Waals surface area contributed by atoms with Gasteiger partial charge in [0.2, 0.25) is 5.91 Å². The number of benzene rings is 2. The Hall–Kier alpha value is -2.92. The van der Waals surface area contributed by atoms with E-state index in [9.17, 15) is 4.79 Å². The van der Waals surface area contributed by atoms with Gasteiger partial charge in [-0.05, 0) is 49.8 Å². The summed E-state index contributed by atoms with van der Waals surface area (Å²) in [4.78, 5) is 20.5. The van der Waals surface area contributed by atoms with Gasteiger partial charge >= 0.3 is 0 Å². The van der Waals surface area contributed by atoms with E-state index in [1.54, 1.807) is 12.4 Å². The van der Waals surface area contributed by atoms with Crippen molar-refractivity contribution in [2.24, 2.45) is 5.41 Å². The van der Waals surface area contributed by atoms with Gasteiger partial charge in [-0.3, -0.25) is 4.79 Å². The van der Waals surface area contributed by atoms with Crippen LogP contribution in [0.4, 0.5) is 0 Å². The Bertz CT molecular complexity index is 985. The number of hydrogen-bond donors (Lipinski definition) is 2. The summed E-state index contributed by atoms with van der Waals surface area (Å²) in [7, 11) is 0. The van der Waals surface area contributed by atoms with E-state index in [4.69, 9.17) is 4.74 Å². The van der Waals surface area contributed by atoms with Gasteiger partial charge in [0.25, 0.3) is 0 Å². The number of H-pyrrole nitrogens is 1. The molecule has 1 aromatic heterocycles. The quantitative estimate of drug-likeness (QED) is 0.643. The zero-order valence-electron chi connectivity index (χ0n) is 17.7. The topological polar surface area (TPSA) is 67.0 Å². The summed E-state index contributed by atoms with van der Waals surface area (Å²) in [6.07, 6.45) is 5.63. The molecule has 0 bridgehead atoms. The Labute approximate surface area is 177 Å². The number of carbonyl (C=O) groups excluding carboxylic acids is 1. The van der Waals surface area contributed by atoms with Crippen LogP contribution < -0.4 is 5.32 Å². The molecule has 0 atom stereocenters. The van der Waals surface area contributed by atoms with Crippen molar-refractivity contribution >= 4 is 5.91 Å². The summed E-state index contributed by atoms with van der Waals surface area (Å²) < 4.78 is 5.58. The maximum atomic E-state index is 13.3. The van der Waals surface area contributed by atoms with Crippen LogP contribution in [-0.4, -0.2) is 29.1 Å². The van der Waals surface area contributed by atoms with Crippen LogP contribution in [0.3, 0.4) is 0 Å². The third-order valence-electron chi connectivity index (χ3n) is 5.93. The molecule has 0 aliphatic carbocycles. The largest absolute Gasteiger partial charge is 0.381 e. The van der Waals surface area contributed by atoms with Gasteiger partial charge in [0.1, 0.15) is 5.82 Å². The van der Waals surface area contributed by atoms with E-state index in [1.165, 1.54) is 27.8 Å². The normalized spacial score (nSPS) is 15.7. The first-order valence-electron chi connectivity index (χ1n) is 10.6. The van der Waals surface area contributed by atoms with Crippen molar-refractivity contribution in [1.82, 2.24) is 15.3 Å². The van der Waals surface area contributed by atoms with Gasteiger partial charge in [-0.2, -0.15) is 0 Å². The number of aromatic amines is 1. The van der Waals surface area contributed by atoms with Crippen LogP contribution in [0.25, 0.3) is 11.1 Å². The van der Waals surface area contributed by atoms with Gasteiger partial charge in [0, 0.05) is 25.6 Å². The maximum absolute atomic E-state index is 13.3. The van der Waals surface area contributed by atoms with E-state index in [0.717, 1.165) is 18.7 Å². The van der Waals surface area contributed by atoms with Crippen LogP contribution in [0.1, 0.15) is 35.4 Å². The molecule has 3 aromatic rings. The standard InChI is InChI=1S/C25H29N3O2/c1-18-12-19(2)14-22(13-18)21-5-3-4-20(15-21)16-25(6-10-30-11-7-25)24(29)28-17-23-26-8-9-27-23/h3-5,8-9,12-15H,6-7,10-11,16-17H2,1-2H3,(H,26,27)(H,28,29). The number of amides is 1. The van der Waals surface area contributed by atoms with Gasteiger partial charge in [0.15, 0.2) is 0 Å². The molecule has 156 valence electrons. The second kappa shape index (κ2) is 8.84. The SMILES string of the molecule is Cc1cc(C)cc(-c2cccc(CC3(C(=O)NCc4ncc[nH]4)CCOCC3)c2)c1. The van der Waals surface area contributed by atoms with Crippen molar-refractivity contribution < 1.29 is 9.53 Å². The molecular formula is C25H29N3O2. The molecule has 1 saturated heterocycles. The molecule has 2 heterocycles. The molecule has 1 amide bonds. The van der Waals surface area contributed by atoms with E-state index < -0.39 is 5.41 Å². The Morgan fingerprint density at radius 2 is 1.87 bits per heavy atom. The van der Waals surface area contributed by atoms with E-state index in [0.29, 0.717) is 26.2 Å². The summed E-state index contributed by atoms with van der Waals surface area (Å²) in [6, 6.07) is 15.2. The smallest absolute Gasteiger partial charge is 0.227 e. The Morgan fingerprint density at radius 1 is 1.10 bits per heavy atom. The van der Waals surface area contributed by atoms with Gasteiger partial charge in [-0.25, -0.2) is 4.98 Å². The number of aryl methyl sites for hydroxylation is 2. The highest BCUT2D eigenvalue weighted by atomic mass is 16.5. The fourth-order valence-electron chi connectivity index (χ4n) is 4.39. The van der Waals surface area contributed by atoms with Crippen molar-refractivity contribution in [3.05, 3.63) is 77.4 Å². The van der Waals surface area contributed by atoms with Gasteiger partial charge < -0.3 is 15.0 Å². The van der Waals surface area contributed by atoms with Crippen LogP contribution in [0, 0.1) is 19.3 Å².